The Labute approximate surface area is 121 Å². The van der Waals surface area contributed by atoms with Crippen LogP contribution in [0.5, 0.6) is 0 Å². The fourth-order valence-corrected chi connectivity index (χ4v) is 1.68. The van der Waals surface area contributed by atoms with Gasteiger partial charge in [-0.05, 0) is 36.8 Å². The lowest BCUT2D eigenvalue weighted by Crippen LogP contribution is -2.14. The Morgan fingerprint density at radius 3 is 2.86 bits per heavy atom. The molecule has 0 saturated heterocycles. The highest BCUT2D eigenvalue weighted by molar-refractivity contribution is 6.05. The van der Waals surface area contributed by atoms with Gasteiger partial charge in [0.2, 0.25) is 0 Å². The molecule has 0 atom stereocenters. The van der Waals surface area contributed by atoms with Crippen molar-refractivity contribution in [1.29, 1.82) is 0 Å². The van der Waals surface area contributed by atoms with Crippen LogP contribution < -0.4 is 5.32 Å². The number of aliphatic hydroxyl groups excluding tert-OH is 1. The second kappa shape index (κ2) is 6.64. The molecule has 1 aromatic heterocycles. The first-order chi connectivity index (χ1) is 10.1. The van der Waals surface area contributed by atoms with Crippen molar-refractivity contribution in [2.45, 2.75) is 6.92 Å². The monoisotopic (exact) mass is 284 g/mol. The number of hydrogen-bond donors (Lipinski definition) is 2. The number of nitrogens with one attached hydrogen (secondary N) is 1. The molecule has 0 fully saturated rings. The van der Waals surface area contributed by atoms with E-state index in [4.69, 9.17) is 5.11 Å². The largest absolute Gasteiger partial charge is 0.384 e. The van der Waals surface area contributed by atoms with E-state index in [0.29, 0.717) is 5.82 Å². The summed E-state index contributed by atoms with van der Waals surface area (Å²) in [5.41, 5.74) is 1.41. The minimum Gasteiger partial charge on any atom is -0.384 e. The number of pyridine rings is 1. The molecule has 2 rings (SSSR count). The average molecular weight is 284 g/mol. The molecule has 1 amide bonds. The average Bonchev–Trinajstić information content (AvgIpc) is 2.47. The molecular weight excluding hydrogens is 271 g/mol. The predicted octanol–water partition coefficient (Wildman–Crippen LogP) is 2.13. The molecule has 0 radical (unpaired) electrons. The van der Waals surface area contributed by atoms with E-state index in [2.05, 4.69) is 22.1 Å². The molecule has 0 aliphatic heterocycles. The van der Waals surface area contributed by atoms with E-state index in [9.17, 15) is 9.18 Å². The zero-order valence-corrected chi connectivity index (χ0v) is 11.4. The molecule has 4 nitrogen and oxygen atoms in total. The van der Waals surface area contributed by atoms with E-state index in [0.717, 1.165) is 11.6 Å². The van der Waals surface area contributed by atoms with Crippen LogP contribution in [0.3, 0.4) is 0 Å². The van der Waals surface area contributed by atoms with E-state index >= 15 is 0 Å². The minimum absolute atomic E-state index is 0.216. The minimum atomic E-state index is -0.498. The number of hydrogen-bond acceptors (Lipinski definition) is 3. The van der Waals surface area contributed by atoms with Gasteiger partial charge in [0.15, 0.2) is 0 Å². The highest BCUT2D eigenvalue weighted by Crippen LogP contribution is 2.13. The van der Waals surface area contributed by atoms with Gasteiger partial charge in [0.05, 0.1) is 5.56 Å². The van der Waals surface area contributed by atoms with Crippen LogP contribution in [-0.2, 0) is 0 Å². The molecule has 21 heavy (non-hydrogen) atoms. The maximum absolute atomic E-state index is 13.2. The van der Waals surface area contributed by atoms with Gasteiger partial charge in [-0.1, -0.05) is 17.9 Å². The Morgan fingerprint density at radius 2 is 2.19 bits per heavy atom. The molecule has 2 N–H and O–H groups in total. The van der Waals surface area contributed by atoms with Gasteiger partial charge < -0.3 is 10.4 Å². The lowest BCUT2D eigenvalue weighted by Gasteiger charge is -2.06. The number of rotatable bonds is 2. The number of aliphatic hydroxyl groups is 1. The maximum atomic E-state index is 13.2. The van der Waals surface area contributed by atoms with Gasteiger partial charge in [-0.25, -0.2) is 9.37 Å². The summed E-state index contributed by atoms with van der Waals surface area (Å²) in [5.74, 6) is 4.42. The van der Waals surface area contributed by atoms with E-state index in [1.165, 1.54) is 12.1 Å². The molecule has 0 aliphatic rings. The first-order valence-electron chi connectivity index (χ1n) is 6.23. The first-order valence-corrected chi connectivity index (χ1v) is 6.23. The molecule has 2 aromatic rings. The lowest BCUT2D eigenvalue weighted by molar-refractivity contribution is 0.102. The number of halogens is 1. The zero-order chi connectivity index (χ0) is 15.2. The number of amides is 1. The number of nitrogens with zero attached hydrogens (tertiary/aromatic N) is 1. The summed E-state index contributed by atoms with van der Waals surface area (Å²) in [5, 5.41) is 11.3. The van der Waals surface area contributed by atoms with E-state index in [1.54, 1.807) is 12.3 Å². The molecule has 1 aromatic carbocycles. The van der Waals surface area contributed by atoms with Crippen molar-refractivity contribution in [2.24, 2.45) is 0 Å². The van der Waals surface area contributed by atoms with E-state index in [-0.39, 0.29) is 17.7 Å². The maximum Gasteiger partial charge on any atom is 0.258 e. The highest BCUT2D eigenvalue weighted by Gasteiger charge is 2.12. The summed E-state index contributed by atoms with van der Waals surface area (Å²) >= 11 is 0. The predicted molar refractivity (Wildman–Crippen MR) is 77.3 cm³/mol. The smallest absolute Gasteiger partial charge is 0.258 e. The topological polar surface area (TPSA) is 62.2 Å². The number of benzene rings is 1. The van der Waals surface area contributed by atoms with Gasteiger partial charge in [0.25, 0.3) is 5.91 Å². The normalized spacial score (nSPS) is 9.67. The second-order valence-electron chi connectivity index (χ2n) is 4.32. The Kier molecular flexibility index (Phi) is 4.64. The van der Waals surface area contributed by atoms with Crippen LogP contribution in [0, 0.1) is 24.6 Å². The van der Waals surface area contributed by atoms with E-state index in [1.807, 2.05) is 13.0 Å². The van der Waals surface area contributed by atoms with Crippen molar-refractivity contribution in [3.8, 4) is 11.8 Å². The van der Waals surface area contributed by atoms with Crippen molar-refractivity contribution in [2.75, 3.05) is 11.9 Å². The van der Waals surface area contributed by atoms with Crippen molar-refractivity contribution >= 4 is 11.7 Å². The van der Waals surface area contributed by atoms with Gasteiger partial charge in [-0.15, -0.1) is 0 Å². The Hall–Kier alpha value is -2.71. The number of aryl methyl sites for hydroxylation is 1. The SMILES string of the molecule is Cc1ccc(NC(=O)c2ccc(F)cc2C#CCO)nc1. The Balaban J connectivity index is 2.28. The standard InChI is InChI=1S/C16H13FN2O2/c1-11-4-7-15(18-10-11)19-16(21)14-6-5-13(17)9-12(14)3-2-8-20/h4-7,9-10,20H,8H2,1H3,(H,18,19,21). The van der Waals surface area contributed by atoms with Gasteiger partial charge in [0, 0.05) is 11.8 Å². The third-order valence-corrected chi connectivity index (χ3v) is 2.68. The third kappa shape index (κ3) is 3.88. The van der Waals surface area contributed by atoms with Crippen molar-refractivity contribution in [3.05, 3.63) is 59.0 Å². The zero-order valence-electron chi connectivity index (χ0n) is 11.4. The van der Waals surface area contributed by atoms with Gasteiger partial charge in [0.1, 0.15) is 18.2 Å². The Morgan fingerprint density at radius 1 is 1.38 bits per heavy atom. The highest BCUT2D eigenvalue weighted by atomic mass is 19.1. The van der Waals surface area contributed by atoms with E-state index < -0.39 is 11.7 Å². The molecule has 0 unspecified atom stereocenters. The van der Waals surface area contributed by atoms with Crippen LogP contribution >= 0.6 is 0 Å². The van der Waals surface area contributed by atoms with Crippen molar-refractivity contribution < 1.29 is 14.3 Å². The molecule has 0 saturated carbocycles. The summed E-state index contributed by atoms with van der Waals surface area (Å²) < 4.78 is 13.2. The number of carbonyl (C=O) groups is 1. The molecule has 5 heteroatoms. The van der Waals surface area contributed by atoms with Crippen LogP contribution in [0.15, 0.2) is 36.5 Å². The fraction of sp³-hybridized carbons (Fsp3) is 0.125. The van der Waals surface area contributed by atoms with Gasteiger partial charge >= 0.3 is 0 Å². The van der Waals surface area contributed by atoms with Gasteiger partial charge in [-0.3, -0.25) is 4.79 Å². The molecule has 0 spiro atoms. The summed E-state index contributed by atoms with van der Waals surface area (Å²) in [6.45, 7) is 1.53. The number of anilines is 1. The summed E-state index contributed by atoms with van der Waals surface area (Å²) in [7, 11) is 0. The summed E-state index contributed by atoms with van der Waals surface area (Å²) in [4.78, 5) is 16.3. The number of carbonyl (C=O) groups excluding carboxylic acids is 1. The molecular formula is C16H13FN2O2. The quantitative estimate of drug-likeness (QED) is 0.830. The lowest BCUT2D eigenvalue weighted by atomic mass is 10.1. The Bertz CT molecular complexity index is 715. The van der Waals surface area contributed by atoms with Crippen LogP contribution in [0.1, 0.15) is 21.5 Å². The fourth-order valence-electron chi connectivity index (χ4n) is 1.68. The van der Waals surface area contributed by atoms with Crippen molar-refractivity contribution in [1.82, 2.24) is 4.98 Å². The number of aromatic nitrogens is 1. The summed E-state index contributed by atoms with van der Waals surface area (Å²) in [6, 6.07) is 7.18. The summed E-state index contributed by atoms with van der Waals surface area (Å²) in [6.07, 6.45) is 1.63. The van der Waals surface area contributed by atoms with Crippen LogP contribution in [0.25, 0.3) is 0 Å². The third-order valence-electron chi connectivity index (χ3n) is 2.68. The molecule has 0 bridgehead atoms. The second-order valence-corrected chi connectivity index (χ2v) is 4.32. The molecule has 1 heterocycles. The van der Waals surface area contributed by atoms with Crippen LogP contribution in [0.2, 0.25) is 0 Å². The first kappa shape index (κ1) is 14.7. The van der Waals surface area contributed by atoms with Crippen LogP contribution in [-0.4, -0.2) is 22.6 Å². The molecule has 0 aliphatic carbocycles. The molecule has 106 valence electrons. The van der Waals surface area contributed by atoms with Gasteiger partial charge in [-0.2, -0.15) is 0 Å². The van der Waals surface area contributed by atoms with Crippen LogP contribution in [0.4, 0.5) is 10.2 Å². The van der Waals surface area contributed by atoms with Crippen molar-refractivity contribution in [3.63, 3.8) is 0 Å².